The Morgan fingerprint density at radius 2 is 1.71 bits per heavy atom. The molecule has 0 aliphatic rings. The summed E-state index contributed by atoms with van der Waals surface area (Å²) in [5.41, 5.74) is 3.80. The summed E-state index contributed by atoms with van der Waals surface area (Å²) >= 11 is 0. The van der Waals surface area contributed by atoms with Crippen LogP contribution in [-0.4, -0.2) is 51.6 Å². The van der Waals surface area contributed by atoms with Crippen LogP contribution in [0.2, 0.25) is 0 Å². The summed E-state index contributed by atoms with van der Waals surface area (Å²) in [5.74, 6) is 0.266. The van der Waals surface area contributed by atoms with E-state index in [2.05, 4.69) is 35.9 Å². The van der Waals surface area contributed by atoms with Crippen molar-refractivity contribution in [2.45, 2.75) is 33.2 Å². The first-order chi connectivity index (χ1) is 14.7. The first-order valence-corrected chi connectivity index (χ1v) is 10.9. The Bertz CT molecular complexity index is 850. The second-order valence-corrected chi connectivity index (χ2v) is 8.64. The van der Waals surface area contributed by atoms with Crippen molar-refractivity contribution in [1.82, 2.24) is 16.0 Å². The van der Waals surface area contributed by atoms with Crippen LogP contribution in [0, 0.1) is 12.8 Å². The van der Waals surface area contributed by atoms with Gasteiger partial charge >= 0.3 is 0 Å². The van der Waals surface area contributed by atoms with Crippen molar-refractivity contribution in [3.8, 4) is 0 Å². The molecule has 2 rings (SSSR count). The molecule has 0 aliphatic heterocycles. The topological polar surface area (TPSA) is 73.5 Å². The molecular formula is C25H36N4O2. The van der Waals surface area contributed by atoms with Crippen LogP contribution >= 0.6 is 0 Å². The van der Waals surface area contributed by atoms with E-state index < -0.39 is 0 Å². The molecule has 1 atom stereocenters. The third kappa shape index (κ3) is 8.80. The monoisotopic (exact) mass is 424 g/mol. The molecule has 0 fully saturated rings. The summed E-state index contributed by atoms with van der Waals surface area (Å²) in [6.07, 6.45) is 0.680. The van der Waals surface area contributed by atoms with E-state index in [9.17, 15) is 9.59 Å². The lowest BCUT2D eigenvalue weighted by Crippen LogP contribution is -2.46. The van der Waals surface area contributed by atoms with Gasteiger partial charge in [-0.25, -0.2) is 0 Å². The minimum absolute atomic E-state index is 0.0344. The number of hydrogen-bond donors (Lipinski definition) is 3. The Morgan fingerprint density at radius 3 is 2.35 bits per heavy atom. The zero-order valence-corrected chi connectivity index (χ0v) is 19.4. The van der Waals surface area contributed by atoms with E-state index in [4.69, 9.17) is 0 Å². The smallest absolute Gasteiger partial charge is 0.251 e. The van der Waals surface area contributed by atoms with Gasteiger partial charge in [0.2, 0.25) is 5.91 Å². The van der Waals surface area contributed by atoms with E-state index in [1.165, 1.54) is 0 Å². The summed E-state index contributed by atoms with van der Waals surface area (Å²) in [7, 11) is 3.92. The summed E-state index contributed by atoms with van der Waals surface area (Å²) in [6.45, 7) is 7.50. The maximum absolute atomic E-state index is 13.0. The maximum Gasteiger partial charge on any atom is 0.251 e. The SMILES string of the molecule is Cc1cc(C(=O)N[C@H](CNCC(=O)NCC(C)C)Cc2ccccc2)cc(N(C)C)c1. The van der Waals surface area contributed by atoms with Gasteiger partial charge in [0.1, 0.15) is 0 Å². The highest BCUT2D eigenvalue weighted by molar-refractivity contribution is 5.95. The lowest BCUT2D eigenvalue weighted by atomic mass is 10.0. The van der Waals surface area contributed by atoms with Crippen molar-refractivity contribution in [2.24, 2.45) is 5.92 Å². The Morgan fingerprint density at radius 1 is 1.00 bits per heavy atom. The Kier molecular flexibility index (Phi) is 9.53. The largest absolute Gasteiger partial charge is 0.378 e. The van der Waals surface area contributed by atoms with Crippen molar-refractivity contribution in [3.63, 3.8) is 0 Å². The summed E-state index contributed by atoms with van der Waals surface area (Å²) in [6, 6.07) is 15.8. The van der Waals surface area contributed by atoms with Gasteiger partial charge in [0.05, 0.1) is 6.54 Å². The van der Waals surface area contributed by atoms with Crippen LogP contribution in [0.4, 0.5) is 5.69 Å². The Balaban J connectivity index is 2.04. The van der Waals surface area contributed by atoms with Gasteiger partial charge in [-0.2, -0.15) is 0 Å². The standard InChI is InChI=1S/C25H36N4O2/c1-18(2)15-27-24(30)17-26-16-22(13-20-9-7-6-8-10-20)28-25(31)21-11-19(3)12-23(14-21)29(4)5/h6-12,14,18,22,26H,13,15-17H2,1-5H3,(H,27,30)(H,28,31)/t22-/m0/s1. The van der Waals surface area contributed by atoms with Gasteiger partial charge in [0.15, 0.2) is 0 Å². The highest BCUT2D eigenvalue weighted by atomic mass is 16.2. The van der Waals surface area contributed by atoms with Gasteiger partial charge in [-0.1, -0.05) is 44.2 Å². The molecule has 6 heteroatoms. The molecule has 0 radical (unpaired) electrons. The highest BCUT2D eigenvalue weighted by Gasteiger charge is 2.16. The Labute approximate surface area is 186 Å². The second kappa shape index (κ2) is 12.1. The molecule has 3 N–H and O–H groups in total. The number of carbonyl (C=O) groups is 2. The van der Waals surface area contributed by atoms with Gasteiger partial charge in [-0.3, -0.25) is 9.59 Å². The molecule has 0 heterocycles. The molecule has 0 aliphatic carbocycles. The maximum atomic E-state index is 13.0. The lowest BCUT2D eigenvalue weighted by Gasteiger charge is -2.21. The number of benzene rings is 2. The number of rotatable bonds is 11. The summed E-state index contributed by atoms with van der Waals surface area (Å²) < 4.78 is 0. The molecule has 0 spiro atoms. The van der Waals surface area contributed by atoms with E-state index in [0.717, 1.165) is 16.8 Å². The highest BCUT2D eigenvalue weighted by Crippen LogP contribution is 2.17. The van der Waals surface area contributed by atoms with Crippen molar-refractivity contribution in [1.29, 1.82) is 0 Å². The van der Waals surface area contributed by atoms with Gasteiger partial charge in [0, 0.05) is 44.5 Å². The molecule has 0 aromatic heterocycles. The lowest BCUT2D eigenvalue weighted by molar-refractivity contribution is -0.120. The van der Waals surface area contributed by atoms with Crippen molar-refractivity contribution in [2.75, 3.05) is 38.6 Å². The zero-order chi connectivity index (χ0) is 22.8. The molecule has 168 valence electrons. The fourth-order valence-corrected chi connectivity index (χ4v) is 3.23. The van der Waals surface area contributed by atoms with Crippen LogP contribution in [0.5, 0.6) is 0 Å². The summed E-state index contributed by atoms with van der Waals surface area (Å²) in [5, 5.41) is 9.24. The van der Waals surface area contributed by atoms with E-state index in [-0.39, 0.29) is 24.4 Å². The van der Waals surface area contributed by atoms with Crippen LogP contribution < -0.4 is 20.9 Å². The average Bonchev–Trinajstić information content (AvgIpc) is 2.72. The fourth-order valence-electron chi connectivity index (χ4n) is 3.23. The molecule has 0 saturated heterocycles. The van der Waals surface area contributed by atoms with Crippen LogP contribution in [0.15, 0.2) is 48.5 Å². The van der Waals surface area contributed by atoms with Crippen LogP contribution in [0.3, 0.4) is 0 Å². The molecule has 0 bridgehead atoms. The molecule has 0 unspecified atom stereocenters. The molecule has 31 heavy (non-hydrogen) atoms. The Hall–Kier alpha value is -2.86. The van der Waals surface area contributed by atoms with Crippen molar-refractivity contribution in [3.05, 3.63) is 65.2 Å². The van der Waals surface area contributed by atoms with Crippen LogP contribution in [-0.2, 0) is 11.2 Å². The van der Waals surface area contributed by atoms with Gasteiger partial charge < -0.3 is 20.9 Å². The molecule has 2 amide bonds. The normalized spacial score (nSPS) is 11.8. The third-order valence-electron chi connectivity index (χ3n) is 4.88. The van der Waals surface area contributed by atoms with Crippen LogP contribution in [0.1, 0.15) is 35.3 Å². The first-order valence-electron chi connectivity index (χ1n) is 10.9. The van der Waals surface area contributed by atoms with Gasteiger partial charge in [-0.05, 0) is 48.6 Å². The second-order valence-electron chi connectivity index (χ2n) is 8.64. The van der Waals surface area contributed by atoms with Crippen LogP contribution in [0.25, 0.3) is 0 Å². The van der Waals surface area contributed by atoms with E-state index >= 15 is 0 Å². The molecule has 2 aromatic carbocycles. The van der Waals surface area contributed by atoms with E-state index in [0.29, 0.717) is 31.0 Å². The predicted molar refractivity (Wildman–Crippen MR) is 128 cm³/mol. The number of amides is 2. The molecule has 6 nitrogen and oxygen atoms in total. The van der Waals surface area contributed by atoms with Gasteiger partial charge in [0.25, 0.3) is 5.91 Å². The first kappa shape index (κ1) is 24.4. The fraction of sp³-hybridized carbons (Fsp3) is 0.440. The van der Waals surface area contributed by atoms with E-state index in [1.807, 2.05) is 68.4 Å². The number of carbonyl (C=O) groups excluding carboxylic acids is 2. The zero-order valence-electron chi connectivity index (χ0n) is 19.4. The molecule has 2 aromatic rings. The molecule has 0 saturated carbocycles. The minimum Gasteiger partial charge on any atom is -0.378 e. The third-order valence-corrected chi connectivity index (χ3v) is 4.88. The summed E-state index contributed by atoms with van der Waals surface area (Å²) in [4.78, 5) is 27.0. The quantitative estimate of drug-likeness (QED) is 0.519. The number of anilines is 1. The average molecular weight is 425 g/mol. The number of nitrogens with zero attached hydrogens (tertiary/aromatic N) is 1. The van der Waals surface area contributed by atoms with Gasteiger partial charge in [-0.15, -0.1) is 0 Å². The van der Waals surface area contributed by atoms with Crippen molar-refractivity contribution < 1.29 is 9.59 Å². The number of aryl methyl sites for hydroxylation is 1. The van der Waals surface area contributed by atoms with E-state index in [1.54, 1.807) is 0 Å². The molecular weight excluding hydrogens is 388 g/mol. The number of hydrogen-bond acceptors (Lipinski definition) is 4. The number of nitrogens with one attached hydrogen (secondary N) is 3. The van der Waals surface area contributed by atoms with Crippen molar-refractivity contribution >= 4 is 17.5 Å². The predicted octanol–water partition coefficient (Wildman–Crippen LogP) is 2.76. The minimum atomic E-state index is -0.142.